The standard InChI is InChI=1S/C24H24ClF2N5O4/c1-24(27)9-19(21(34)29-17(11-33)14-6-4-7-15(25)20(14)26)32(12-24)23(36)30-16-10-31(22(28)35)18-8-3-2-5-13(16)18/h2-8,10,17,19,33H,9,11-12H2,1H3,(H2,28,35)(H,29,34)(H,30,36)/t17-,19+,24-/m1/s1. The van der Waals surface area contributed by atoms with Gasteiger partial charge in [0, 0.05) is 23.6 Å². The predicted octanol–water partition coefficient (Wildman–Crippen LogP) is 3.54. The number of nitrogens with two attached hydrogens (primary N) is 1. The summed E-state index contributed by atoms with van der Waals surface area (Å²) in [6.07, 6.45) is 1.03. The smallest absolute Gasteiger partial charge is 0.323 e. The highest BCUT2D eigenvalue weighted by Gasteiger charge is 2.47. The molecule has 0 saturated carbocycles. The van der Waals surface area contributed by atoms with Gasteiger partial charge in [0.2, 0.25) is 5.91 Å². The van der Waals surface area contributed by atoms with Crippen LogP contribution in [-0.2, 0) is 4.79 Å². The first-order valence-corrected chi connectivity index (χ1v) is 11.4. The highest BCUT2D eigenvalue weighted by atomic mass is 35.5. The summed E-state index contributed by atoms with van der Waals surface area (Å²) in [5, 5.41) is 15.2. The molecule has 0 radical (unpaired) electrons. The summed E-state index contributed by atoms with van der Waals surface area (Å²) in [5.74, 6) is -1.58. The topological polar surface area (TPSA) is 130 Å². The first-order chi connectivity index (χ1) is 17.0. The van der Waals surface area contributed by atoms with Gasteiger partial charge >= 0.3 is 12.1 Å². The number of hydrogen-bond donors (Lipinski definition) is 4. The summed E-state index contributed by atoms with van der Waals surface area (Å²) < 4.78 is 30.6. The molecule has 12 heteroatoms. The quantitative estimate of drug-likeness (QED) is 0.411. The molecular weight excluding hydrogens is 496 g/mol. The summed E-state index contributed by atoms with van der Waals surface area (Å²) >= 11 is 5.81. The van der Waals surface area contributed by atoms with Gasteiger partial charge in [-0.05, 0) is 19.1 Å². The zero-order chi connectivity index (χ0) is 26.2. The van der Waals surface area contributed by atoms with Crippen molar-refractivity contribution in [3.63, 3.8) is 0 Å². The van der Waals surface area contributed by atoms with E-state index in [1.807, 2.05) is 0 Å². The van der Waals surface area contributed by atoms with Crippen molar-refractivity contribution < 1.29 is 28.3 Å². The van der Waals surface area contributed by atoms with Crippen molar-refractivity contribution >= 4 is 46.2 Å². The van der Waals surface area contributed by atoms with Crippen LogP contribution in [0.25, 0.3) is 10.9 Å². The lowest BCUT2D eigenvalue weighted by Gasteiger charge is -2.26. The van der Waals surface area contributed by atoms with Gasteiger partial charge in [-0.1, -0.05) is 41.9 Å². The molecular formula is C24H24ClF2N5O4. The zero-order valence-corrected chi connectivity index (χ0v) is 19.9. The van der Waals surface area contributed by atoms with Crippen LogP contribution in [-0.4, -0.2) is 57.4 Å². The second kappa shape index (κ2) is 9.75. The molecule has 3 atom stereocenters. The molecule has 0 spiro atoms. The SMILES string of the molecule is C[C@@]1(F)C[C@@H](C(=O)N[C@H](CO)c2cccc(Cl)c2F)N(C(=O)Nc2cn(C(N)=O)c3ccccc23)C1. The molecule has 0 bridgehead atoms. The second-order valence-electron chi connectivity index (χ2n) is 8.85. The van der Waals surface area contributed by atoms with E-state index in [4.69, 9.17) is 17.3 Å². The van der Waals surface area contributed by atoms with Gasteiger partial charge in [0.25, 0.3) is 0 Å². The molecule has 4 amide bonds. The summed E-state index contributed by atoms with van der Waals surface area (Å²) in [7, 11) is 0. The van der Waals surface area contributed by atoms with Gasteiger partial charge in [0.05, 0.1) is 35.4 Å². The molecule has 4 rings (SSSR count). The van der Waals surface area contributed by atoms with Gasteiger partial charge in [-0.3, -0.25) is 9.36 Å². The van der Waals surface area contributed by atoms with Crippen molar-refractivity contribution in [2.45, 2.75) is 31.1 Å². The molecule has 36 heavy (non-hydrogen) atoms. The lowest BCUT2D eigenvalue weighted by molar-refractivity contribution is -0.125. The monoisotopic (exact) mass is 519 g/mol. The number of aliphatic hydroxyl groups is 1. The number of alkyl halides is 1. The van der Waals surface area contributed by atoms with E-state index in [0.29, 0.717) is 10.9 Å². The number of benzene rings is 2. The highest BCUT2D eigenvalue weighted by Crippen LogP contribution is 2.33. The molecule has 190 valence electrons. The van der Waals surface area contributed by atoms with Crippen LogP contribution < -0.4 is 16.4 Å². The highest BCUT2D eigenvalue weighted by molar-refractivity contribution is 6.30. The molecule has 3 aromatic rings. The molecule has 1 saturated heterocycles. The number of aliphatic hydroxyl groups excluding tert-OH is 1. The van der Waals surface area contributed by atoms with Crippen LogP contribution in [0.2, 0.25) is 5.02 Å². The Morgan fingerprint density at radius 3 is 2.67 bits per heavy atom. The number of likely N-dealkylation sites (tertiary alicyclic amines) is 1. The number of primary amides is 1. The fraction of sp³-hybridized carbons (Fsp3) is 0.292. The van der Waals surface area contributed by atoms with Crippen molar-refractivity contribution in [3.05, 3.63) is 65.1 Å². The number of urea groups is 1. The van der Waals surface area contributed by atoms with E-state index in [-0.39, 0.29) is 29.2 Å². The molecule has 1 aliphatic rings. The summed E-state index contributed by atoms with van der Waals surface area (Å²) in [6, 6.07) is 6.91. The van der Waals surface area contributed by atoms with Gasteiger partial charge in [0.1, 0.15) is 17.5 Å². The Hall–Kier alpha value is -3.70. The summed E-state index contributed by atoms with van der Waals surface area (Å²) in [4.78, 5) is 39.1. The fourth-order valence-electron chi connectivity index (χ4n) is 4.42. The number of hydrogen-bond acceptors (Lipinski definition) is 4. The van der Waals surface area contributed by atoms with Gasteiger partial charge in [0.15, 0.2) is 0 Å². The van der Waals surface area contributed by atoms with Crippen LogP contribution in [0, 0.1) is 5.82 Å². The number of para-hydroxylation sites is 1. The van der Waals surface area contributed by atoms with Crippen LogP contribution in [0.5, 0.6) is 0 Å². The Balaban J connectivity index is 1.58. The number of anilines is 1. The van der Waals surface area contributed by atoms with Crippen molar-refractivity contribution in [1.29, 1.82) is 0 Å². The lowest BCUT2D eigenvalue weighted by atomic mass is 10.0. The molecule has 9 nitrogen and oxygen atoms in total. The Bertz CT molecular complexity index is 1350. The van der Waals surface area contributed by atoms with Crippen molar-refractivity contribution in [2.24, 2.45) is 5.73 Å². The number of fused-ring (bicyclic) bond motifs is 1. The van der Waals surface area contributed by atoms with E-state index in [1.165, 1.54) is 31.3 Å². The van der Waals surface area contributed by atoms with Crippen molar-refractivity contribution in [3.8, 4) is 0 Å². The van der Waals surface area contributed by atoms with E-state index in [2.05, 4.69) is 10.6 Å². The normalized spacial score (nSPS) is 20.4. The van der Waals surface area contributed by atoms with Gasteiger partial charge in [-0.2, -0.15) is 0 Å². The molecule has 1 aromatic heterocycles. The number of carbonyl (C=O) groups is 3. The summed E-state index contributed by atoms with van der Waals surface area (Å²) in [5.41, 5.74) is 4.19. The minimum Gasteiger partial charge on any atom is -0.394 e. The number of carbonyl (C=O) groups excluding carboxylic acids is 3. The van der Waals surface area contributed by atoms with Gasteiger partial charge in [-0.15, -0.1) is 0 Å². The first-order valence-electron chi connectivity index (χ1n) is 11.0. The molecule has 5 N–H and O–H groups in total. The number of aromatic nitrogens is 1. The van der Waals surface area contributed by atoms with E-state index in [1.54, 1.807) is 24.3 Å². The van der Waals surface area contributed by atoms with Crippen molar-refractivity contribution in [1.82, 2.24) is 14.8 Å². The Morgan fingerprint density at radius 1 is 1.25 bits per heavy atom. The van der Waals surface area contributed by atoms with Crippen LogP contribution in [0.15, 0.2) is 48.7 Å². The third-order valence-corrected chi connectivity index (χ3v) is 6.40. The average molecular weight is 520 g/mol. The molecule has 2 heterocycles. The Labute approximate surface area is 209 Å². The van der Waals surface area contributed by atoms with Crippen LogP contribution in [0.3, 0.4) is 0 Å². The lowest BCUT2D eigenvalue weighted by Crippen LogP contribution is -2.48. The van der Waals surface area contributed by atoms with Crippen LogP contribution >= 0.6 is 11.6 Å². The van der Waals surface area contributed by atoms with E-state index in [0.717, 1.165) is 9.47 Å². The average Bonchev–Trinajstić information content (AvgIpc) is 3.37. The first kappa shape index (κ1) is 25.4. The number of halogens is 3. The third kappa shape index (κ3) is 4.84. The molecule has 1 aliphatic heterocycles. The number of nitrogens with one attached hydrogen (secondary N) is 2. The minimum atomic E-state index is -1.88. The van der Waals surface area contributed by atoms with Crippen LogP contribution in [0.1, 0.15) is 24.9 Å². The molecule has 0 unspecified atom stereocenters. The number of amides is 4. The molecule has 0 aliphatic carbocycles. The maximum Gasteiger partial charge on any atom is 0.323 e. The van der Waals surface area contributed by atoms with Gasteiger partial charge in [-0.25, -0.2) is 18.4 Å². The Kier molecular flexibility index (Phi) is 6.87. The number of nitrogens with zero attached hydrogens (tertiary/aromatic N) is 2. The maximum absolute atomic E-state index is 15.0. The van der Waals surface area contributed by atoms with E-state index in [9.17, 15) is 28.3 Å². The number of rotatable bonds is 5. The predicted molar refractivity (Wildman–Crippen MR) is 130 cm³/mol. The zero-order valence-electron chi connectivity index (χ0n) is 19.2. The minimum absolute atomic E-state index is 0.0466. The van der Waals surface area contributed by atoms with E-state index >= 15 is 0 Å². The largest absolute Gasteiger partial charge is 0.394 e. The molecule has 2 aromatic carbocycles. The Morgan fingerprint density at radius 2 is 1.97 bits per heavy atom. The fourth-order valence-corrected chi connectivity index (χ4v) is 4.60. The maximum atomic E-state index is 15.0. The van der Waals surface area contributed by atoms with E-state index < -0.39 is 48.1 Å². The van der Waals surface area contributed by atoms with Crippen molar-refractivity contribution in [2.75, 3.05) is 18.5 Å². The molecule has 1 fully saturated rings. The second-order valence-corrected chi connectivity index (χ2v) is 9.25. The van der Waals surface area contributed by atoms with Gasteiger partial charge < -0.3 is 26.4 Å². The van der Waals surface area contributed by atoms with Crippen LogP contribution in [0.4, 0.5) is 24.1 Å². The summed E-state index contributed by atoms with van der Waals surface area (Å²) in [6.45, 7) is 0.224. The third-order valence-electron chi connectivity index (χ3n) is 6.11.